The third-order valence-electron chi connectivity index (χ3n) is 8.30. The van der Waals surface area contributed by atoms with Crippen LogP contribution in [0.4, 0.5) is 0 Å². The zero-order chi connectivity index (χ0) is 35.8. The number of methoxy groups -OCH3 is 1. The van der Waals surface area contributed by atoms with Crippen LogP contribution in [0.15, 0.2) is 54.0 Å². The lowest BCUT2D eigenvalue weighted by Gasteiger charge is -2.28. The van der Waals surface area contributed by atoms with Gasteiger partial charge in [-0.25, -0.2) is 9.78 Å². The van der Waals surface area contributed by atoms with Gasteiger partial charge in [-0.3, -0.25) is 14.4 Å². The van der Waals surface area contributed by atoms with Gasteiger partial charge in [0.1, 0.15) is 18.4 Å². The number of carbonyl (C=O) groups is 4. The molecule has 4 rings (SSSR count). The molecule has 2 N–H and O–H groups in total. The predicted molar refractivity (Wildman–Crippen MR) is 190 cm³/mol. The monoisotopic (exact) mass is 694 g/mol. The minimum absolute atomic E-state index is 0.0298. The van der Waals surface area contributed by atoms with Gasteiger partial charge in [0.25, 0.3) is 0 Å². The van der Waals surface area contributed by atoms with Crippen LogP contribution in [0.3, 0.4) is 0 Å². The number of hydrogen-bond donors (Lipinski definition) is 2. The Morgan fingerprint density at radius 1 is 1.06 bits per heavy atom. The molecule has 3 amide bonds. The summed E-state index contributed by atoms with van der Waals surface area (Å²) in [6.45, 7) is 12.5. The second-order valence-corrected chi connectivity index (χ2v) is 13.8. The lowest BCUT2D eigenvalue weighted by Crippen LogP contribution is -2.43. The van der Waals surface area contributed by atoms with Crippen LogP contribution in [-0.4, -0.2) is 79.6 Å². The van der Waals surface area contributed by atoms with Crippen molar-refractivity contribution in [1.82, 2.24) is 20.5 Å². The number of nitrogens with one attached hydrogen (secondary N) is 2. The first-order valence-corrected chi connectivity index (χ1v) is 17.5. The van der Waals surface area contributed by atoms with Crippen molar-refractivity contribution in [2.24, 2.45) is 5.41 Å². The molecule has 0 saturated carbocycles. The highest BCUT2D eigenvalue weighted by atomic mass is 32.1. The molecule has 49 heavy (non-hydrogen) atoms. The maximum Gasteiger partial charge on any atom is 0.337 e. The van der Waals surface area contributed by atoms with Crippen LogP contribution < -0.4 is 15.4 Å². The summed E-state index contributed by atoms with van der Waals surface area (Å²) in [7, 11) is 1.35. The molecule has 2 unspecified atom stereocenters. The van der Waals surface area contributed by atoms with Gasteiger partial charge in [-0.05, 0) is 80.3 Å². The Morgan fingerprint density at radius 2 is 1.76 bits per heavy atom. The van der Waals surface area contributed by atoms with Crippen molar-refractivity contribution in [3.8, 4) is 16.2 Å². The second kappa shape index (κ2) is 19.6. The van der Waals surface area contributed by atoms with Crippen LogP contribution in [0.1, 0.15) is 75.0 Å². The molecule has 11 nitrogen and oxygen atoms in total. The Balaban J connectivity index is 0.000000267. The normalized spacial score (nSPS) is 14.7. The van der Waals surface area contributed by atoms with Crippen LogP contribution in [-0.2, 0) is 30.4 Å². The number of aryl methyl sites for hydroxylation is 1. The van der Waals surface area contributed by atoms with Crippen LogP contribution >= 0.6 is 11.3 Å². The third-order valence-corrected chi connectivity index (χ3v) is 9.28. The number of aromatic nitrogens is 1. The molecule has 2 aromatic carbocycles. The van der Waals surface area contributed by atoms with E-state index in [4.69, 9.17) is 9.47 Å². The van der Waals surface area contributed by atoms with Gasteiger partial charge in [-0.2, -0.15) is 0 Å². The summed E-state index contributed by atoms with van der Waals surface area (Å²) in [6, 6.07) is 14.7. The molecule has 1 aliphatic rings. The predicted octanol–water partition coefficient (Wildman–Crippen LogP) is 5.56. The Labute approximate surface area is 293 Å². The molecule has 0 spiro atoms. The third kappa shape index (κ3) is 12.9. The molecular formula is C37H50N4O7S. The van der Waals surface area contributed by atoms with Crippen molar-refractivity contribution in [1.29, 1.82) is 0 Å². The van der Waals surface area contributed by atoms with Gasteiger partial charge in [0.2, 0.25) is 18.2 Å². The molecule has 1 saturated heterocycles. The average molecular weight is 695 g/mol. The first kappa shape index (κ1) is 39.2. The van der Waals surface area contributed by atoms with Gasteiger partial charge in [0.05, 0.1) is 35.4 Å². The van der Waals surface area contributed by atoms with Gasteiger partial charge in [-0.15, -0.1) is 11.3 Å². The number of rotatable bonds is 15. The number of ether oxygens (including phenoxy) is 3. The molecule has 2 heterocycles. The van der Waals surface area contributed by atoms with Crippen LogP contribution in [0.5, 0.6) is 5.75 Å². The summed E-state index contributed by atoms with van der Waals surface area (Å²) in [5.41, 5.74) is 5.59. The fraction of sp³-hybridized carbons (Fsp3) is 0.486. The zero-order valence-electron chi connectivity index (χ0n) is 29.5. The summed E-state index contributed by atoms with van der Waals surface area (Å²) in [4.78, 5) is 53.2. The molecule has 0 aliphatic carbocycles. The van der Waals surface area contributed by atoms with E-state index < -0.39 is 0 Å². The largest absolute Gasteiger partial charge is 0.494 e. The van der Waals surface area contributed by atoms with E-state index in [1.165, 1.54) is 12.0 Å². The van der Waals surface area contributed by atoms with Crippen LogP contribution in [0.2, 0.25) is 0 Å². The Morgan fingerprint density at radius 3 is 2.37 bits per heavy atom. The smallest absolute Gasteiger partial charge is 0.337 e. The first-order valence-electron chi connectivity index (χ1n) is 16.6. The summed E-state index contributed by atoms with van der Waals surface area (Å²) < 4.78 is 15.6. The molecule has 0 radical (unpaired) electrons. The lowest BCUT2D eigenvalue weighted by atomic mass is 9.88. The maximum absolute atomic E-state index is 12.2. The SMILES string of the molecule is COC(=O)c1ccc(OCCCCOCC(=O)NC(C)C(C)(C)C)cc1.Cc1ncsc1-c1ccc(CNC(=O)C2CCCN2C=O)cc1. The maximum atomic E-state index is 12.2. The van der Waals surface area contributed by atoms with E-state index in [0.717, 1.165) is 48.9 Å². The molecule has 1 fully saturated rings. The molecule has 12 heteroatoms. The van der Waals surface area contributed by atoms with E-state index in [1.807, 2.05) is 31.5 Å². The summed E-state index contributed by atoms with van der Waals surface area (Å²) in [5.74, 6) is 0.176. The lowest BCUT2D eigenvalue weighted by molar-refractivity contribution is -0.131. The molecular weight excluding hydrogens is 644 g/mol. The Hall–Kier alpha value is -4.29. The topological polar surface area (TPSA) is 136 Å². The zero-order valence-corrected chi connectivity index (χ0v) is 30.3. The van der Waals surface area contributed by atoms with Gasteiger partial charge in [0, 0.05) is 25.7 Å². The van der Waals surface area contributed by atoms with Gasteiger partial charge in [0.15, 0.2) is 0 Å². The fourth-order valence-electron chi connectivity index (χ4n) is 4.82. The minimum Gasteiger partial charge on any atom is -0.494 e. The van der Waals surface area contributed by atoms with Gasteiger partial charge >= 0.3 is 5.97 Å². The highest BCUT2D eigenvalue weighted by Crippen LogP contribution is 2.27. The van der Waals surface area contributed by atoms with E-state index in [1.54, 1.807) is 40.5 Å². The number of unbranched alkanes of at least 4 members (excludes halogenated alkanes) is 1. The number of esters is 1. The molecule has 3 aromatic rings. The number of likely N-dealkylation sites (tertiary alicyclic amines) is 1. The van der Waals surface area contributed by atoms with E-state index in [2.05, 4.69) is 53.3 Å². The number of thiazole rings is 1. The minimum atomic E-state index is -0.366. The van der Waals surface area contributed by atoms with Crippen molar-refractivity contribution >= 4 is 35.5 Å². The second-order valence-electron chi connectivity index (χ2n) is 13.0. The molecule has 2 atom stereocenters. The van der Waals surface area contributed by atoms with Crippen molar-refractivity contribution in [2.75, 3.05) is 33.5 Å². The Bertz CT molecular complexity index is 1490. The number of amides is 3. The van der Waals surface area contributed by atoms with Gasteiger partial charge in [-0.1, -0.05) is 45.0 Å². The summed E-state index contributed by atoms with van der Waals surface area (Å²) in [6.07, 6.45) is 4.03. The van der Waals surface area contributed by atoms with Crippen LogP contribution in [0.25, 0.3) is 10.4 Å². The highest BCUT2D eigenvalue weighted by molar-refractivity contribution is 7.13. The molecule has 1 aliphatic heterocycles. The van der Waals surface area contributed by atoms with Crippen LogP contribution in [0, 0.1) is 12.3 Å². The summed E-state index contributed by atoms with van der Waals surface area (Å²) in [5, 5.41) is 5.86. The summed E-state index contributed by atoms with van der Waals surface area (Å²) >= 11 is 1.63. The van der Waals surface area contributed by atoms with Crippen molar-refractivity contribution < 1.29 is 33.4 Å². The first-order chi connectivity index (χ1) is 23.4. The van der Waals surface area contributed by atoms with Crippen molar-refractivity contribution in [3.63, 3.8) is 0 Å². The quantitative estimate of drug-likeness (QED) is 0.120. The van der Waals surface area contributed by atoms with E-state index in [9.17, 15) is 19.2 Å². The van der Waals surface area contributed by atoms with Gasteiger partial charge < -0.3 is 29.7 Å². The van der Waals surface area contributed by atoms with E-state index >= 15 is 0 Å². The highest BCUT2D eigenvalue weighted by Gasteiger charge is 2.29. The van der Waals surface area contributed by atoms with E-state index in [-0.39, 0.29) is 41.9 Å². The number of hydrogen-bond acceptors (Lipinski definition) is 9. The molecule has 1 aromatic heterocycles. The van der Waals surface area contributed by atoms with Crippen molar-refractivity contribution in [2.45, 2.75) is 78.9 Å². The number of nitrogens with zero attached hydrogens (tertiary/aromatic N) is 2. The van der Waals surface area contributed by atoms with E-state index in [0.29, 0.717) is 37.6 Å². The standard InChI is InChI=1S/C20H31NO5.C17H19N3O2S/c1-15(20(2,3)4)21-18(22)14-25-12-6-7-13-26-17-10-8-16(9-11-17)19(23)24-5;1-12-16(23-10-19-12)14-6-4-13(5-7-14)9-18-17(22)15-3-2-8-20(15)11-21/h8-11,15H,6-7,12-14H2,1-5H3,(H,21,22);4-7,10-11,15H,2-3,8-9H2,1H3,(H,18,22). The number of carbonyl (C=O) groups excluding carboxylic acids is 4. The molecule has 266 valence electrons. The van der Waals surface area contributed by atoms with Crippen molar-refractivity contribution in [3.05, 3.63) is 70.9 Å². The Kier molecular flexibility index (Phi) is 15.7. The number of benzene rings is 2. The molecule has 0 bridgehead atoms. The average Bonchev–Trinajstić information content (AvgIpc) is 3.76. The fourth-order valence-corrected chi connectivity index (χ4v) is 5.63.